The highest BCUT2D eigenvalue weighted by molar-refractivity contribution is 5.62. The normalized spacial score (nSPS) is 11.4. The summed E-state index contributed by atoms with van der Waals surface area (Å²) in [5.41, 5.74) is 8.57. The number of aryl methyl sites for hydroxylation is 1. The number of hydrogen-bond acceptors (Lipinski definition) is 0. The molecule has 28 heavy (non-hydrogen) atoms. The molecule has 0 aliphatic heterocycles. The van der Waals surface area contributed by atoms with Crippen molar-refractivity contribution in [2.45, 2.75) is 26.2 Å². The largest absolute Gasteiger partial charge is 0.0704 e. The summed E-state index contributed by atoms with van der Waals surface area (Å²) >= 11 is 0. The zero-order valence-electron chi connectivity index (χ0n) is 16.7. The van der Waals surface area contributed by atoms with Crippen LogP contribution in [0.1, 0.15) is 38.9 Å². The van der Waals surface area contributed by atoms with Gasteiger partial charge in [0.2, 0.25) is 0 Å². The lowest BCUT2D eigenvalue weighted by molar-refractivity contribution is 0.736. The van der Waals surface area contributed by atoms with E-state index in [9.17, 15) is 0 Å². The van der Waals surface area contributed by atoms with E-state index in [1.54, 1.807) is 0 Å². The first-order valence-corrected chi connectivity index (χ1v) is 9.81. The summed E-state index contributed by atoms with van der Waals surface area (Å²) in [4.78, 5) is 0. The summed E-state index contributed by atoms with van der Waals surface area (Å²) in [6.07, 6.45) is 0. The van der Waals surface area contributed by atoms with Crippen LogP contribution in [0.3, 0.4) is 0 Å². The van der Waals surface area contributed by atoms with Gasteiger partial charge >= 0.3 is 0 Å². The highest BCUT2D eigenvalue weighted by Crippen LogP contribution is 2.46. The van der Waals surface area contributed by atoms with Gasteiger partial charge in [-0.05, 0) is 71.8 Å². The molecule has 0 unspecified atom stereocenters. The van der Waals surface area contributed by atoms with Gasteiger partial charge in [-0.1, -0.05) is 91.0 Å². The average molecular weight is 362 g/mol. The van der Waals surface area contributed by atoms with E-state index >= 15 is 0 Å². The van der Waals surface area contributed by atoms with Crippen LogP contribution in [0.5, 0.6) is 0 Å². The lowest BCUT2D eigenvalue weighted by Crippen LogP contribution is -2.32. The van der Waals surface area contributed by atoms with E-state index in [0.29, 0.717) is 0 Å². The summed E-state index contributed by atoms with van der Waals surface area (Å²) in [6, 6.07) is 38.3. The van der Waals surface area contributed by atoms with Crippen molar-refractivity contribution in [1.29, 1.82) is 0 Å². The maximum absolute atomic E-state index is 3.52. The van der Waals surface area contributed by atoms with Crippen molar-refractivity contribution in [2.24, 2.45) is 0 Å². The zero-order valence-corrected chi connectivity index (χ0v) is 16.7. The highest BCUT2D eigenvalue weighted by Gasteiger charge is 2.39. The summed E-state index contributed by atoms with van der Waals surface area (Å²) < 4.78 is 0. The van der Waals surface area contributed by atoms with Crippen LogP contribution in [0.25, 0.3) is 0 Å². The number of rotatable bonds is 4. The number of hydrogen-bond donors (Lipinski definition) is 0. The van der Waals surface area contributed by atoms with Crippen molar-refractivity contribution in [3.05, 3.63) is 142 Å². The molecule has 0 saturated carbocycles. The molecule has 0 N–H and O–H groups in total. The van der Waals surface area contributed by atoms with Crippen LogP contribution in [-0.2, 0) is 5.41 Å². The molecule has 0 nitrogen and oxygen atoms in total. The summed E-state index contributed by atoms with van der Waals surface area (Å²) in [5.74, 6) is 0. The van der Waals surface area contributed by atoms with Gasteiger partial charge in [0.15, 0.2) is 0 Å². The minimum absolute atomic E-state index is 0.386. The Balaban J connectivity index is 2.19. The van der Waals surface area contributed by atoms with Crippen LogP contribution < -0.4 is 0 Å². The van der Waals surface area contributed by atoms with Crippen molar-refractivity contribution in [2.75, 3.05) is 0 Å². The van der Waals surface area contributed by atoms with Gasteiger partial charge in [0.25, 0.3) is 0 Å². The molecule has 4 aromatic rings. The molecular weight excluding hydrogens is 336 g/mol. The zero-order chi connectivity index (χ0) is 19.6. The fourth-order valence-electron chi connectivity index (χ4n) is 4.30. The van der Waals surface area contributed by atoms with E-state index in [1.807, 2.05) is 0 Å². The second-order valence-electron chi connectivity index (χ2n) is 7.43. The third-order valence-electron chi connectivity index (χ3n) is 5.99. The van der Waals surface area contributed by atoms with E-state index < -0.39 is 0 Å². The van der Waals surface area contributed by atoms with Crippen LogP contribution in [0.15, 0.2) is 97.1 Å². The molecule has 137 valence electrons. The second-order valence-corrected chi connectivity index (χ2v) is 7.43. The Bertz CT molecular complexity index is 964. The quantitative estimate of drug-likeness (QED) is 0.351. The molecule has 0 bridgehead atoms. The summed E-state index contributed by atoms with van der Waals surface area (Å²) in [5, 5.41) is 0. The van der Waals surface area contributed by atoms with E-state index in [0.717, 1.165) is 0 Å². The van der Waals surface area contributed by atoms with E-state index in [-0.39, 0.29) is 5.41 Å². The molecule has 4 rings (SSSR count). The Hall–Kier alpha value is -3.12. The maximum Gasteiger partial charge on any atom is 0.0704 e. The lowest BCUT2D eigenvalue weighted by Gasteiger charge is -2.38. The van der Waals surface area contributed by atoms with Crippen LogP contribution in [0.2, 0.25) is 0 Å². The molecule has 1 radical (unpaired) electrons. The first-order valence-electron chi connectivity index (χ1n) is 9.81. The Morgan fingerprint density at radius 2 is 0.929 bits per heavy atom. The minimum atomic E-state index is -0.386. The average Bonchev–Trinajstić information content (AvgIpc) is 2.76. The lowest BCUT2D eigenvalue weighted by atomic mass is 9.63. The van der Waals surface area contributed by atoms with E-state index in [4.69, 9.17) is 0 Å². The SMILES string of the molecule is Cc1[c]cc(C(c2ccccc2)(c2ccccc2)c2ccccc2)c(C)c1C. The topological polar surface area (TPSA) is 0 Å². The first kappa shape index (κ1) is 18.3. The Kier molecular flexibility index (Phi) is 4.88. The van der Waals surface area contributed by atoms with Crippen LogP contribution >= 0.6 is 0 Å². The van der Waals surface area contributed by atoms with E-state index in [2.05, 4.69) is 124 Å². The Morgan fingerprint density at radius 1 is 0.536 bits per heavy atom. The van der Waals surface area contributed by atoms with Gasteiger partial charge in [-0.25, -0.2) is 0 Å². The third-order valence-corrected chi connectivity index (χ3v) is 5.99. The van der Waals surface area contributed by atoms with Gasteiger partial charge < -0.3 is 0 Å². The number of benzene rings is 4. The molecule has 0 heterocycles. The van der Waals surface area contributed by atoms with Gasteiger partial charge in [-0.3, -0.25) is 0 Å². The molecule has 4 aromatic carbocycles. The predicted molar refractivity (Wildman–Crippen MR) is 118 cm³/mol. The predicted octanol–water partition coefficient (Wildman–Crippen LogP) is 6.79. The molecule has 0 atom stereocenters. The smallest absolute Gasteiger partial charge is 0.0622 e. The van der Waals surface area contributed by atoms with Gasteiger partial charge in [-0.2, -0.15) is 0 Å². The highest BCUT2D eigenvalue weighted by atomic mass is 14.4. The molecule has 0 aromatic heterocycles. The van der Waals surface area contributed by atoms with Gasteiger partial charge in [-0.15, -0.1) is 0 Å². The fraction of sp³-hybridized carbons (Fsp3) is 0.143. The standard InChI is InChI=1S/C28H25/c1-21-19-20-27(23(3)22(21)2)28(24-13-7-4-8-14-24,25-15-9-5-10-16-25)26-17-11-6-12-18-26/h4-18,20H,1-3H3. The van der Waals surface area contributed by atoms with Crippen molar-refractivity contribution in [3.8, 4) is 0 Å². The van der Waals surface area contributed by atoms with Gasteiger partial charge in [0.05, 0.1) is 5.41 Å². The third kappa shape index (κ3) is 2.86. The van der Waals surface area contributed by atoms with Crippen molar-refractivity contribution >= 4 is 0 Å². The Morgan fingerprint density at radius 3 is 1.32 bits per heavy atom. The van der Waals surface area contributed by atoms with Crippen molar-refractivity contribution < 1.29 is 0 Å². The minimum Gasteiger partial charge on any atom is -0.0622 e. The molecule has 0 spiro atoms. The maximum atomic E-state index is 3.52. The van der Waals surface area contributed by atoms with E-state index in [1.165, 1.54) is 38.9 Å². The molecule has 0 heteroatoms. The molecule has 0 saturated heterocycles. The van der Waals surface area contributed by atoms with Crippen LogP contribution in [0.4, 0.5) is 0 Å². The molecule has 0 amide bonds. The van der Waals surface area contributed by atoms with Crippen molar-refractivity contribution in [3.63, 3.8) is 0 Å². The van der Waals surface area contributed by atoms with Crippen LogP contribution in [0, 0.1) is 26.8 Å². The van der Waals surface area contributed by atoms with Gasteiger partial charge in [0, 0.05) is 0 Å². The Labute approximate surface area is 168 Å². The monoisotopic (exact) mass is 361 g/mol. The molecule has 0 aliphatic carbocycles. The molecular formula is C28H25. The summed E-state index contributed by atoms with van der Waals surface area (Å²) in [7, 11) is 0. The molecule has 0 fully saturated rings. The van der Waals surface area contributed by atoms with Gasteiger partial charge in [0.1, 0.15) is 0 Å². The molecule has 0 aliphatic rings. The first-order chi connectivity index (χ1) is 13.7. The second kappa shape index (κ2) is 7.48. The van der Waals surface area contributed by atoms with Crippen molar-refractivity contribution in [1.82, 2.24) is 0 Å². The fourth-order valence-corrected chi connectivity index (χ4v) is 4.30. The summed E-state index contributed by atoms with van der Waals surface area (Å²) in [6.45, 7) is 6.59. The van der Waals surface area contributed by atoms with Crippen LogP contribution in [-0.4, -0.2) is 0 Å².